The Balaban J connectivity index is 1.86. The van der Waals surface area contributed by atoms with Crippen molar-refractivity contribution in [2.75, 3.05) is 5.32 Å². The Morgan fingerprint density at radius 2 is 1.85 bits per heavy atom. The van der Waals surface area contributed by atoms with E-state index in [4.69, 9.17) is 11.6 Å². The lowest BCUT2D eigenvalue weighted by Crippen LogP contribution is -1.92. The molecule has 0 atom stereocenters. The minimum Gasteiger partial charge on any atom is -0.331 e. The standard InChI is InChI=1S/C16H13ClN2S/c1-11-13(17)8-5-9-14(11)18-16-19-15(10-20-16)12-6-3-2-4-7-12/h2-10H,1H3,(H,18,19). The van der Waals surface area contributed by atoms with Gasteiger partial charge < -0.3 is 5.32 Å². The van der Waals surface area contributed by atoms with Gasteiger partial charge >= 0.3 is 0 Å². The van der Waals surface area contributed by atoms with Crippen LogP contribution in [0.5, 0.6) is 0 Å². The molecule has 3 rings (SSSR count). The van der Waals surface area contributed by atoms with Gasteiger partial charge in [0, 0.05) is 21.7 Å². The van der Waals surface area contributed by atoms with E-state index in [0.29, 0.717) is 0 Å². The van der Waals surface area contributed by atoms with Crippen LogP contribution in [0.25, 0.3) is 11.3 Å². The van der Waals surface area contributed by atoms with Crippen molar-refractivity contribution in [3.8, 4) is 11.3 Å². The highest BCUT2D eigenvalue weighted by Crippen LogP contribution is 2.30. The Morgan fingerprint density at radius 1 is 1.05 bits per heavy atom. The number of aromatic nitrogens is 1. The molecule has 1 aromatic heterocycles. The molecule has 0 unspecified atom stereocenters. The minimum atomic E-state index is 0.759. The summed E-state index contributed by atoms with van der Waals surface area (Å²) >= 11 is 7.71. The van der Waals surface area contributed by atoms with Crippen molar-refractivity contribution in [2.24, 2.45) is 0 Å². The summed E-state index contributed by atoms with van der Waals surface area (Å²) < 4.78 is 0. The predicted octanol–water partition coefficient (Wildman–Crippen LogP) is 5.52. The zero-order valence-electron chi connectivity index (χ0n) is 10.9. The van der Waals surface area contributed by atoms with Gasteiger partial charge in [0.05, 0.1) is 5.69 Å². The first-order valence-corrected chi connectivity index (χ1v) is 7.53. The maximum Gasteiger partial charge on any atom is 0.187 e. The number of nitrogens with zero attached hydrogens (tertiary/aromatic N) is 1. The van der Waals surface area contributed by atoms with Crippen molar-refractivity contribution >= 4 is 33.8 Å². The van der Waals surface area contributed by atoms with Gasteiger partial charge in [-0.1, -0.05) is 48.0 Å². The molecule has 0 bridgehead atoms. The molecule has 0 amide bonds. The molecule has 0 aliphatic rings. The lowest BCUT2D eigenvalue weighted by Gasteiger charge is -2.07. The minimum absolute atomic E-state index is 0.759. The third-order valence-electron chi connectivity index (χ3n) is 3.08. The summed E-state index contributed by atoms with van der Waals surface area (Å²) in [6.45, 7) is 2.00. The van der Waals surface area contributed by atoms with Gasteiger partial charge in [0.1, 0.15) is 0 Å². The van der Waals surface area contributed by atoms with Gasteiger partial charge in [0.25, 0.3) is 0 Å². The number of thiazole rings is 1. The zero-order valence-corrected chi connectivity index (χ0v) is 12.5. The van der Waals surface area contributed by atoms with Gasteiger partial charge in [-0.3, -0.25) is 0 Å². The first kappa shape index (κ1) is 13.2. The molecule has 20 heavy (non-hydrogen) atoms. The van der Waals surface area contributed by atoms with Gasteiger partial charge in [-0.05, 0) is 24.6 Å². The molecule has 0 spiro atoms. The first-order chi connectivity index (χ1) is 9.74. The molecule has 0 saturated carbocycles. The van der Waals surface area contributed by atoms with E-state index in [1.54, 1.807) is 11.3 Å². The van der Waals surface area contributed by atoms with Crippen LogP contribution in [0.3, 0.4) is 0 Å². The molecule has 0 saturated heterocycles. The second kappa shape index (κ2) is 5.65. The van der Waals surface area contributed by atoms with Gasteiger partial charge in [-0.2, -0.15) is 0 Å². The summed E-state index contributed by atoms with van der Waals surface area (Å²) in [5.74, 6) is 0. The maximum atomic E-state index is 6.12. The number of hydrogen-bond acceptors (Lipinski definition) is 3. The molecule has 0 fully saturated rings. The number of anilines is 2. The summed E-state index contributed by atoms with van der Waals surface area (Å²) in [4.78, 5) is 4.61. The highest BCUT2D eigenvalue weighted by molar-refractivity contribution is 7.14. The van der Waals surface area contributed by atoms with Crippen molar-refractivity contribution < 1.29 is 0 Å². The molecule has 1 heterocycles. The molecule has 100 valence electrons. The van der Waals surface area contributed by atoms with E-state index in [9.17, 15) is 0 Å². The van der Waals surface area contributed by atoms with Crippen LogP contribution >= 0.6 is 22.9 Å². The number of halogens is 1. The van der Waals surface area contributed by atoms with Gasteiger partial charge in [0.2, 0.25) is 0 Å². The second-order valence-corrected chi connectivity index (χ2v) is 5.71. The topological polar surface area (TPSA) is 24.9 Å². The van der Waals surface area contributed by atoms with E-state index in [1.165, 1.54) is 0 Å². The maximum absolute atomic E-state index is 6.12. The summed E-state index contributed by atoms with van der Waals surface area (Å²) in [6.07, 6.45) is 0. The van der Waals surface area contributed by atoms with Crippen molar-refractivity contribution in [1.29, 1.82) is 0 Å². The van der Waals surface area contributed by atoms with Crippen LogP contribution in [-0.4, -0.2) is 4.98 Å². The molecular weight excluding hydrogens is 288 g/mol. The third kappa shape index (κ3) is 2.69. The average molecular weight is 301 g/mol. The molecular formula is C16H13ClN2S. The van der Waals surface area contributed by atoms with E-state index < -0.39 is 0 Å². The van der Waals surface area contributed by atoms with Crippen LogP contribution < -0.4 is 5.32 Å². The molecule has 4 heteroatoms. The number of rotatable bonds is 3. The largest absolute Gasteiger partial charge is 0.331 e. The Labute approximate surface area is 127 Å². The summed E-state index contributed by atoms with van der Waals surface area (Å²) in [6, 6.07) is 16.0. The summed E-state index contributed by atoms with van der Waals surface area (Å²) in [5.41, 5.74) is 4.13. The molecule has 0 aliphatic heterocycles. The fraction of sp³-hybridized carbons (Fsp3) is 0.0625. The first-order valence-electron chi connectivity index (χ1n) is 6.27. The molecule has 2 nitrogen and oxygen atoms in total. The molecule has 0 aliphatic carbocycles. The van der Waals surface area contributed by atoms with Crippen molar-refractivity contribution in [3.63, 3.8) is 0 Å². The normalized spacial score (nSPS) is 10.5. The van der Waals surface area contributed by atoms with E-state index in [2.05, 4.69) is 27.8 Å². The fourth-order valence-corrected chi connectivity index (χ4v) is 2.84. The van der Waals surface area contributed by atoms with Crippen molar-refractivity contribution in [2.45, 2.75) is 6.92 Å². The zero-order chi connectivity index (χ0) is 13.9. The SMILES string of the molecule is Cc1c(Cl)cccc1Nc1nc(-c2ccccc2)cs1. The highest BCUT2D eigenvalue weighted by atomic mass is 35.5. The van der Waals surface area contributed by atoms with Crippen LogP contribution in [0, 0.1) is 6.92 Å². The summed E-state index contributed by atoms with van der Waals surface area (Å²) in [7, 11) is 0. The monoisotopic (exact) mass is 300 g/mol. The van der Waals surface area contributed by atoms with Crippen LogP contribution in [0.2, 0.25) is 5.02 Å². The third-order valence-corrected chi connectivity index (χ3v) is 4.25. The average Bonchev–Trinajstić information content (AvgIpc) is 2.93. The number of nitrogens with one attached hydrogen (secondary N) is 1. The Hall–Kier alpha value is -1.84. The van der Waals surface area contributed by atoms with Crippen LogP contribution in [0.4, 0.5) is 10.8 Å². The van der Waals surface area contributed by atoms with E-state index in [0.717, 1.165) is 32.7 Å². The Bertz CT molecular complexity index is 722. The molecule has 2 aromatic carbocycles. The number of benzene rings is 2. The fourth-order valence-electron chi connectivity index (χ4n) is 1.93. The van der Waals surface area contributed by atoms with E-state index >= 15 is 0 Å². The Kier molecular flexibility index (Phi) is 3.72. The van der Waals surface area contributed by atoms with Gasteiger partial charge in [0.15, 0.2) is 5.13 Å². The van der Waals surface area contributed by atoms with Gasteiger partial charge in [-0.15, -0.1) is 11.3 Å². The predicted molar refractivity (Wildman–Crippen MR) is 87.0 cm³/mol. The van der Waals surface area contributed by atoms with Gasteiger partial charge in [-0.25, -0.2) is 4.98 Å². The highest BCUT2D eigenvalue weighted by Gasteiger charge is 2.07. The number of hydrogen-bond donors (Lipinski definition) is 1. The molecule has 3 aromatic rings. The van der Waals surface area contributed by atoms with Crippen LogP contribution in [0.15, 0.2) is 53.9 Å². The quantitative estimate of drug-likeness (QED) is 0.689. The lowest BCUT2D eigenvalue weighted by molar-refractivity contribution is 1.36. The van der Waals surface area contributed by atoms with Crippen molar-refractivity contribution in [3.05, 3.63) is 64.5 Å². The molecule has 1 N–H and O–H groups in total. The van der Waals surface area contributed by atoms with Crippen LogP contribution in [0.1, 0.15) is 5.56 Å². The van der Waals surface area contributed by atoms with E-state index in [-0.39, 0.29) is 0 Å². The smallest absolute Gasteiger partial charge is 0.187 e. The molecule has 0 radical (unpaired) electrons. The second-order valence-electron chi connectivity index (χ2n) is 4.44. The Morgan fingerprint density at radius 3 is 2.65 bits per heavy atom. The van der Waals surface area contributed by atoms with Crippen LogP contribution in [-0.2, 0) is 0 Å². The van der Waals surface area contributed by atoms with E-state index in [1.807, 2.05) is 43.3 Å². The summed E-state index contributed by atoms with van der Waals surface area (Å²) in [5, 5.41) is 7.01. The lowest BCUT2D eigenvalue weighted by atomic mass is 10.2. The van der Waals surface area contributed by atoms with Crippen molar-refractivity contribution in [1.82, 2.24) is 4.98 Å².